The number of fused-ring (bicyclic) bond motifs is 2. The highest BCUT2D eigenvalue weighted by Crippen LogP contribution is 2.46. The Morgan fingerprint density at radius 3 is 2.68 bits per heavy atom. The number of hydrogen-bond acceptors (Lipinski definition) is 3. The van der Waals surface area contributed by atoms with Gasteiger partial charge in [0.15, 0.2) is 0 Å². The fourth-order valence-corrected chi connectivity index (χ4v) is 3.97. The lowest BCUT2D eigenvalue weighted by molar-refractivity contribution is -0.150. The van der Waals surface area contributed by atoms with Crippen LogP contribution in [-0.4, -0.2) is 37.1 Å². The number of hydrogen-bond donors (Lipinski definition) is 0. The first kappa shape index (κ1) is 12.7. The smallest absolute Gasteiger partial charge is 0.310 e. The van der Waals surface area contributed by atoms with E-state index in [-0.39, 0.29) is 11.9 Å². The van der Waals surface area contributed by atoms with E-state index in [9.17, 15) is 4.79 Å². The predicted molar refractivity (Wildman–Crippen MR) is 73.9 cm³/mol. The summed E-state index contributed by atoms with van der Waals surface area (Å²) in [6, 6.07) is 11.4. The van der Waals surface area contributed by atoms with Gasteiger partial charge in [-0.15, -0.1) is 0 Å². The van der Waals surface area contributed by atoms with Gasteiger partial charge in [-0.1, -0.05) is 30.3 Å². The van der Waals surface area contributed by atoms with Crippen LogP contribution in [0.25, 0.3) is 0 Å². The molecule has 4 atom stereocenters. The van der Waals surface area contributed by atoms with Crippen molar-refractivity contribution < 1.29 is 9.53 Å². The van der Waals surface area contributed by atoms with Crippen molar-refractivity contribution in [3.05, 3.63) is 35.9 Å². The number of nitrogens with zero attached hydrogens (tertiary/aromatic N) is 1. The largest absolute Gasteiger partial charge is 0.469 e. The SMILES string of the molecule is COC(=O)C1C2CC[C@H](C[C@@H]1c1ccccc1)N2C. The molecule has 2 fully saturated rings. The molecule has 3 nitrogen and oxygen atoms in total. The van der Waals surface area contributed by atoms with Gasteiger partial charge in [-0.3, -0.25) is 9.69 Å². The zero-order valence-electron chi connectivity index (χ0n) is 11.6. The maximum Gasteiger partial charge on any atom is 0.310 e. The van der Waals surface area contributed by atoms with Crippen LogP contribution >= 0.6 is 0 Å². The number of carbonyl (C=O) groups excluding carboxylic acids is 1. The van der Waals surface area contributed by atoms with Crippen molar-refractivity contribution in [1.29, 1.82) is 0 Å². The summed E-state index contributed by atoms with van der Waals surface area (Å²) < 4.78 is 5.07. The second kappa shape index (κ2) is 4.97. The zero-order chi connectivity index (χ0) is 13.4. The summed E-state index contributed by atoms with van der Waals surface area (Å²) in [6.07, 6.45) is 3.39. The molecule has 1 aromatic rings. The van der Waals surface area contributed by atoms with Gasteiger partial charge in [0.2, 0.25) is 0 Å². The van der Waals surface area contributed by atoms with Gasteiger partial charge < -0.3 is 4.74 Å². The lowest BCUT2D eigenvalue weighted by Crippen LogP contribution is -2.49. The Kier molecular flexibility index (Phi) is 3.31. The third kappa shape index (κ3) is 2.06. The lowest BCUT2D eigenvalue weighted by atomic mass is 9.76. The molecule has 2 bridgehead atoms. The molecule has 2 aliphatic rings. The number of rotatable bonds is 2. The minimum atomic E-state index is -0.0500. The normalized spacial score (nSPS) is 34.2. The predicted octanol–water partition coefficient (Wildman–Crippen LogP) is 2.43. The zero-order valence-corrected chi connectivity index (χ0v) is 11.6. The molecule has 2 unspecified atom stereocenters. The molecule has 3 rings (SSSR count). The van der Waals surface area contributed by atoms with Gasteiger partial charge in [-0.2, -0.15) is 0 Å². The first-order valence-electron chi connectivity index (χ1n) is 7.07. The quantitative estimate of drug-likeness (QED) is 0.764. The monoisotopic (exact) mass is 259 g/mol. The maximum absolute atomic E-state index is 12.2. The molecule has 0 spiro atoms. The molecule has 2 aliphatic heterocycles. The molecule has 0 N–H and O–H groups in total. The molecule has 0 amide bonds. The van der Waals surface area contributed by atoms with Crippen LogP contribution in [0, 0.1) is 5.92 Å². The van der Waals surface area contributed by atoms with Gasteiger partial charge >= 0.3 is 5.97 Å². The van der Waals surface area contributed by atoms with Gasteiger partial charge in [-0.05, 0) is 31.9 Å². The van der Waals surface area contributed by atoms with E-state index in [4.69, 9.17) is 4.74 Å². The number of ether oxygens (including phenoxy) is 1. The average molecular weight is 259 g/mol. The van der Waals surface area contributed by atoms with Crippen molar-refractivity contribution in [3.63, 3.8) is 0 Å². The Balaban J connectivity index is 1.96. The summed E-state index contributed by atoms with van der Waals surface area (Å²) >= 11 is 0. The van der Waals surface area contributed by atoms with Gasteiger partial charge in [0.25, 0.3) is 0 Å². The molecule has 0 radical (unpaired) electrons. The van der Waals surface area contributed by atoms with E-state index in [1.54, 1.807) is 0 Å². The van der Waals surface area contributed by atoms with Crippen LogP contribution in [0.1, 0.15) is 30.7 Å². The fraction of sp³-hybridized carbons (Fsp3) is 0.562. The van der Waals surface area contributed by atoms with E-state index in [2.05, 4.69) is 36.2 Å². The van der Waals surface area contributed by atoms with Crippen LogP contribution in [0.5, 0.6) is 0 Å². The maximum atomic E-state index is 12.2. The molecule has 0 saturated carbocycles. The van der Waals surface area contributed by atoms with E-state index in [0.717, 1.165) is 12.8 Å². The third-order valence-electron chi connectivity index (χ3n) is 4.97. The van der Waals surface area contributed by atoms with Crippen molar-refractivity contribution in [2.24, 2.45) is 5.92 Å². The Morgan fingerprint density at radius 2 is 2.00 bits per heavy atom. The minimum Gasteiger partial charge on any atom is -0.469 e. The van der Waals surface area contributed by atoms with E-state index in [0.29, 0.717) is 18.0 Å². The average Bonchev–Trinajstić information content (AvgIpc) is 2.70. The Morgan fingerprint density at radius 1 is 1.26 bits per heavy atom. The second-order valence-corrected chi connectivity index (χ2v) is 5.77. The first-order chi connectivity index (χ1) is 9.22. The van der Waals surface area contributed by atoms with Crippen molar-refractivity contribution >= 4 is 5.97 Å². The van der Waals surface area contributed by atoms with Gasteiger partial charge in [0.05, 0.1) is 13.0 Å². The molecule has 0 aromatic heterocycles. The molecule has 19 heavy (non-hydrogen) atoms. The number of piperidine rings is 1. The lowest BCUT2D eigenvalue weighted by Gasteiger charge is -2.41. The summed E-state index contributed by atoms with van der Waals surface area (Å²) in [5.41, 5.74) is 1.28. The Bertz CT molecular complexity index is 459. The molecule has 0 aliphatic carbocycles. The summed E-state index contributed by atoms with van der Waals surface area (Å²) in [5.74, 6) is 0.240. The molecule has 2 heterocycles. The van der Waals surface area contributed by atoms with E-state index in [1.165, 1.54) is 19.1 Å². The summed E-state index contributed by atoms with van der Waals surface area (Å²) in [4.78, 5) is 14.6. The van der Waals surface area contributed by atoms with Gasteiger partial charge in [0, 0.05) is 18.0 Å². The molecular weight excluding hydrogens is 238 g/mol. The van der Waals surface area contributed by atoms with Crippen LogP contribution in [0.2, 0.25) is 0 Å². The van der Waals surface area contributed by atoms with E-state index >= 15 is 0 Å². The first-order valence-corrected chi connectivity index (χ1v) is 7.07. The van der Waals surface area contributed by atoms with E-state index < -0.39 is 0 Å². The highest BCUT2D eigenvalue weighted by molar-refractivity contribution is 5.75. The molecule has 102 valence electrons. The topological polar surface area (TPSA) is 29.5 Å². The summed E-state index contributed by atoms with van der Waals surface area (Å²) in [7, 11) is 3.66. The number of methoxy groups -OCH3 is 1. The molecule has 2 saturated heterocycles. The Hall–Kier alpha value is -1.35. The number of carbonyl (C=O) groups is 1. The van der Waals surface area contributed by atoms with Crippen LogP contribution < -0.4 is 0 Å². The summed E-state index contributed by atoms with van der Waals surface area (Å²) in [5, 5.41) is 0. The van der Waals surface area contributed by atoms with Crippen molar-refractivity contribution in [2.75, 3.05) is 14.2 Å². The van der Waals surface area contributed by atoms with Gasteiger partial charge in [-0.25, -0.2) is 0 Å². The van der Waals surface area contributed by atoms with Crippen molar-refractivity contribution in [2.45, 2.75) is 37.3 Å². The highest BCUT2D eigenvalue weighted by Gasteiger charge is 2.49. The number of benzene rings is 1. The van der Waals surface area contributed by atoms with Crippen molar-refractivity contribution in [3.8, 4) is 0 Å². The second-order valence-electron chi connectivity index (χ2n) is 5.77. The van der Waals surface area contributed by atoms with Gasteiger partial charge in [0.1, 0.15) is 0 Å². The number of esters is 1. The van der Waals surface area contributed by atoms with Crippen LogP contribution in [0.4, 0.5) is 0 Å². The van der Waals surface area contributed by atoms with Crippen LogP contribution in [0.3, 0.4) is 0 Å². The summed E-state index contributed by atoms with van der Waals surface area (Å²) in [6.45, 7) is 0. The molecule has 1 aromatic carbocycles. The van der Waals surface area contributed by atoms with E-state index in [1.807, 2.05) is 6.07 Å². The Labute approximate surface area is 114 Å². The molecule has 3 heteroatoms. The van der Waals surface area contributed by atoms with Crippen LogP contribution in [0.15, 0.2) is 30.3 Å². The third-order valence-corrected chi connectivity index (χ3v) is 4.97. The standard InChI is InChI=1S/C16H21NO2/c1-17-12-8-9-14(17)15(16(18)19-2)13(10-12)11-6-4-3-5-7-11/h3-7,12-15H,8-10H2,1-2H3/t12-,13-,14?,15?/m1/s1. The minimum absolute atomic E-state index is 0.0175. The highest BCUT2D eigenvalue weighted by atomic mass is 16.5. The molecular formula is C16H21NO2. The fourth-order valence-electron chi connectivity index (χ4n) is 3.97. The van der Waals surface area contributed by atoms with Crippen LogP contribution in [-0.2, 0) is 9.53 Å². The van der Waals surface area contributed by atoms with Crippen molar-refractivity contribution in [1.82, 2.24) is 4.90 Å².